The lowest BCUT2D eigenvalue weighted by Gasteiger charge is -2.16. The first-order chi connectivity index (χ1) is 9.76. The highest BCUT2D eigenvalue weighted by atomic mass is 32.2. The van der Waals surface area contributed by atoms with Gasteiger partial charge in [0, 0.05) is 11.6 Å². The Labute approximate surface area is 125 Å². The van der Waals surface area contributed by atoms with E-state index in [9.17, 15) is 12.8 Å². The van der Waals surface area contributed by atoms with E-state index in [1.165, 1.54) is 6.07 Å². The number of aliphatic hydroxyl groups is 1. The minimum absolute atomic E-state index is 0.0355. The van der Waals surface area contributed by atoms with Gasteiger partial charge in [-0.05, 0) is 37.5 Å². The van der Waals surface area contributed by atoms with E-state index >= 15 is 0 Å². The van der Waals surface area contributed by atoms with E-state index in [0.29, 0.717) is 12.3 Å². The highest BCUT2D eigenvalue weighted by Crippen LogP contribution is 2.17. The molecular weight excluding hydrogens is 293 g/mol. The van der Waals surface area contributed by atoms with Crippen molar-refractivity contribution in [1.29, 1.82) is 0 Å². The third kappa shape index (κ3) is 5.46. The molecule has 116 valence electrons. The van der Waals surface area contributed by atoms with Crippen LogP contribution in [-0.2, 0) is 10.0 Å². The molecule has 0 spiro atoms. The summed E-state index contributed by atoms with van der Waals surface area (Å²) in [6.45, 7) is 5.36. The molecule has 1 unspecified atom stereocenters. The highest BCUT2D eigenvalue weighted by Gasteiger charge is 2.21. The third-order valence-electron chi connectivity index (χ3n) is 2.71. The van der Waals surface area contributed by atoms with E-state index < -0.39 is 22.4 Å². The van der Waals surface area contributed by atoms with E-state index in [1.54, 1.807) is 6.92 Å². The molecule has 21 heavy (non-hydrogen) atoms. The molecule has 0 amide bonds. The molecule has 2 N–H and O–H groups in total. The Morgan fingerprint density at radius 2 is 2.00 bits per heavy atom. The zero-order chi connectivity index (χ0) is 16.0. The monoisotopic (exact) mass is 313 g/mol. The number of hydrogen-bond donors (Lipinski definition) is 2. The maximum Gasteiger partial charge on any atom is 0.242 e. The molecule has 0 heterocycles. The van der Waals surface area contributed by atoms with Gasteiger partial charge in [-0.2, -0.15) is 0 Å². The Bertz CT molecular complexity index is 645. The Balaban J connectivity index is 3.13. The Hall–Kier alpha value is -1.42. The van der Waals surface area contributed by atoms with Crippen LogP contribution in [0.3, 0.4) is 0 Å². The van der Waals surface area contributed by atoms with Crippen molar-refractivity contribution in [3.63, 3.8) is 0 Å². The predicted octanol–water partition coefficient (Wildman–Crippen LogP) is 1.88. The van der Waals surface area contributed by atoms with Crippen molar-refractivity contribution < 1.29 is 17.9 Å². The number of rotatable bonds is 5. The molecule has 0 saturated heterocycles. The van der Waals surface area contributed by atoms with Crippen LogP contribution in [0.2, 0.25) is 0 Å². The van der Waals surface area contributed by atoms with Crippen molar-refractivity contribution in [2.75, 3.05) is 6.61 Å². The van der Waals surface area contributed by atoms with Gasteiger partial charge in [-0.25, -0.2) is 17.5 Å². The summed E-state index contributed by atoms with van der Waals surface area (Å²) in [7, 11) is -3.78. The molecule has 0 aliphatic carbocycles. The van der Waals surface area contributed by atoms with Crippen LogP contribution in [0.5, 0.6) is 0 Å². The van der Waals surface area contributed by atoms with Gasteiger partial charge in [0.2, 0.25) is 10.0 Å². The van der Waals surface area contributed by atoms with Gasteiger partial charge < -0.3 is 5.11 Å². The molecule has 0 saturated carbocycles. The molecule has 1 aromatic carbocycles. The number of halogens is 1. The van der Waals surface area contributed by atoms with Crippen molar-refractivity contribution in [2.45, 2.75) is 38.1 Å². The number of sulfonamides is 1. The van der Waals surface area contributed by atoms with E-state index in [2.05, 4.69) is 16.6 Å². The first kappa shape index (κ1) is 17.6. The molecule has 6 heteroatoms. The van der Waals surface area contributed by atoms with Crippen molar-refractivity contribution in [3.8, 4) is 11.8 Å². The first-order valence-electron chi connectivity index (χ1n) is 6.68. The fourth-order valence-electron chi connectivity index (χ4n) is 2.05. The summed E-state index contributed by atoms with van der Waals surface area (Å²) in [5.74, 6) is 4.58. The van der Waals surface area contributed by atoms with Crippen LogP contribution in [0.4, 0.5) is 4.39 Å². The number of benzene rings is 1. The fourth-order valence-corrected chi connectivity index (χ4v) is 3.45. The summed E-state index contributed by atoms with van der Waals surface area (Å²) in [5.41, 5.74) is 0.0355. The van der Waals surface area contributed by atoms with E-state index in [1.807, 2.05) is 13.8 Å². The van der Waals surface area contributed by atoms with Gasteiger partial charge in [0.15, 0.2) is 0 Å². The molecule has 0 fully saturated rings. The quantitative estimate of drug-likeness (QED) is 0.816. The minimum atomic E-state index is -3.78. The second-order valence-corrected chi connectivity index (χ2v) is 6.93. The third-order valence-corrected chi connectivity index (χ3v) is 4.36. The Morgan fingerprint density at radius 1 is 1.33 bits per heavy atom. The topological polar surface area (TPSA) is 66.4 Å². The van der Waals surface area contributed by atoms with Crippen LogP contribution >= 0.6 is 0 Å². The second kappa shape index (κ2) is 7.55. The molecule has 1 rings (SSSR count). The summed E-state index contributed by atoms with van der Waals surface area (Å²) in [5, 5.41) is 8.70. The number of aliphatic hydroxyl groups excluding tert-OH is 1. The van der Waals surface area contributed by atoms with E-state index in [-0.39, 0.29) is 16.5 Å². The fraction of sp³-hybridized carbons (Fsp3) is 0.467. The van der Waals surface area contributed by atoms with Gasteiger partial charge in [-0.3, -0.25) is 0 Å². The normalized spacial score (nSPS) is 12.9. The second-order valence-electron chi connectivity index (χ2n) is 5.25. The molecule has 0 aliphatic rings. The number of nitrogens with one attached hydrogen (secondary N) is 1. The largest absolute Gasteiger partial charge is 0.384 e. The van der Waals surface area contributed by atoms with Crippen LogP contribution in [-0.4, -0.2) is 26.2 Å². The molecule has 0 aromatic heterocycles. The maximum absolute atomic E-state index is 13.3. The molecule has 4 nitrogen and oxygen atoms in total. The molecule has 1 aromatic rings. The van der Waals surface area contributed by atoms with Crippen molar-refractivity contribution in [1.82, 2.24) is 4.72 Å². The van der Waals surface area contributed by atoms with Crippen LogP contribution < -0.4 is 4.72 Å². The molecular formula is C15H20FNO3S. The summed E-state index contributed by atoms with van der Waals surface area (Å²) >= 11 is 0. The average molecular weight is 313 g/mol. The van der Waals surface area contributed by atoms with Crippen molar-refractivity contribution >= 4 is 10.0 Å². The summed E-state index contributed by atoms with van der Waals surface area (Å²) in [6, 6.07) is 3.07. The lowest BCUT2D eigenvalue weighted by molar-refractivity contribution is 0.350. The van der Waals surface area contributed by atoms with Crippen LogP contribution in [0, 0.1) is 23.6 Å². The molecule has 1 atom stereocenters. The summed E-state index contributed by atoms with van der Waals surface area (Å²) < 4.78 is 40.5. The lowest BCUT2D eigenvalue weighted by atomic mass is 10.1. The Kier molecular flexibility index (Phi) is 6.34. The van der Waals surface area contributed by atoms with Crippen molar-refractivity contribution in [2.24, 2.45) is 5.92 Å². The molecule has 0 aliphatic heterocycles. The van der Waals surface area contributed by atoms with Gasteiger partial charge in [0.05, 0.1) is 4.90 Å². The average Bonchev–Trinajstić information content (AvgIpc) is 2.34. The van der Waals surface area contributed by atoms with Gasteiger partial charge in [-0.1, -0.05) is 25.7 Å². The zero-order valence-electron chi connectivity index (χ0n) is 12.4. The minimum Gasteiger partial charge on any atom is -0.384 e. The number of hydrogen-bond acceptors (Lipinski definition) is 3. The van der Waals surface area contributed by atoms with Crippen LogP contribution in [0.25, 0.3) is 0 Å². The summed E-state index contributed by atoms with van der Waals surface area (Å²) in [6.07, 6.45) is 0.693. The summed E-state index contributed by atoms with van der Waals surface area (Å²) in [4.78, 5) is -0.0829. The molecule has 0 radical (unpaired) electrons. The molecule has 0 bridgehead atoms. The van der Waals surface area contributed by atoms with Gasteiger partial charge in [-0.15, -0.1) is 0 Å². The van der Waals surface area contributed by atoms with Gasteiger partial charge in [0.1, 0.15) is 12.4 Å². The smallest absolute Gasteiger partial charge is 0.242 e. The Morgan fingerprint density at radius 3 is 2.57 bits per heavy atom. The van der Waals surface area contributed by atoms with Crippen LogP contribution in [0.15, 0.2) is 23.1 Å². The van der Waals surface area contributed by atoms with E-state index in [4.69, 9.17) is 5.11 Å². The van der Waals surface area contributed by atoms with Crippen LogP contribution in [0.1, 0.15) is 32.8 Å². The van der Waals surface area contributed by atoms with Gasteiger partial charge >= 0.3 is 0 Å². The highest BCUT2D eigenvalue weighted by molar-refractivity contribution is 7.89. The lowest BCUT2D eigenvalue weighted by Crippen LogP contribution is -2.34. The first-order valence-corrected chi connectivity index (χ1v) is 8.16. The van der Waals surface area contributed by atoms with E-state index in [0.717, 1.165) is 12.1 Å². The predicted molar refractivity (Wildman–Crippen MR) is 79.6 cm³/mol. The SMILES string of the molecule is CC(C)CC(C)NS(=O)(=O)c1ccc(F)cc1C#CCO. The maximum atomic E-state index is 13.3. The van der Waals surface area contributed by atoms with Crippen molar-refractivity contribution in [3.05, 3.63) is 29.6 Å². The van der Waals surface area contributed by atoms with Gasteiger partial charge in [0.25, 0.3) is 0 Å². The standard InChI is InChI=1S/C15H20FNO3S/c1-11(2)9-12(3)17-21(19,20)15-7-6-14(16)10-13(15)5-4-8-18/h6-7,10-12,17-18H,8-9H2,1-3H3. The zero-order valence-corrected chi connectivity index (χ0v) is 13.2.